The second-order valence-corrected chi connectivity index (χ2v) is 6.80. The smallest absolute Gasteiger partial charge is 0.314 e. The van der Waals surface area contributed by atoms with Gasteiger partial charge in [0.15, 0.2) is 5.96 Å². The maximum atomic E-state index is 12.6. The van der Waals surface area contributed by atoms with Crippen LogP contribution < -0.4 is 15.8 Å². The third-order valence-corrected chi connectivity index (χ3v) is 4.94. The molecule has 0 atom stereocenters. The van der Waals surface area contributed by atoms with Crippen LogP contribution in [0.2, 0.25) is 0 Å². The maximum absolute atomic E-state index is 12.6. The van der Waals surface area contributed by atoms with Crippen LogP contribution >= 0.6 is 12.4 Å². The van der Waals surface area contributed by atoms with Crippen LogP contribution in [0, 0.1) is 17.2 Å². The summed E-state index contributed by atoms with van der Waals surface area (Å²) in [4.78, 5) is 12.6. The van der Waals surface area contributed by atoms with E-state index in [1.54, 1.807) is 0 Å². The van der Waals surface area contributed by atoms with Crippen molar-refractivity contribution in [3.05, 3.63) is 54.6 Å². The molecular formula is C21H26ClN3O2. The van der Waals surface area contributed by atoms with Gasteiger partial charge in [0.1, 0.15) is 5.75 Å². The molecule has 0 aromatic heterocycles. The van der Waals surface area contributed by atoms with Crippen molar-refractivity contribution in [2.75, 3.05) is 6.54 Å². The summed E-state index contributed by atoms with van der Waals surface area (Å²) in [5, 5.41) is 10.1. The topological polar surface area (TPSA) is 88.2 Å². The number of esters is 1. The predicted molar refractivity (Wildman–Crippen MR) is 110 cm³/mol. The summed E-state index contributed by atoms with van der Waals surface area (Å²) in [6.07, 6.45) is 3.52. The van der Waals surface area contributed by atoms with Crippen LogP contribution in [0.25, 0.3) is 11.1 Å². The number of hydrogen-bond acceptors (Lipinski definition) is 3. The van der Waals surface area contributed by atoms with E-state index in [1.165, 1.54) is 0 Å². The highest BCUT2D eigenvalue weighted by atomic mass is 35.5. The number of ether oxygens (including phenoxy) is 1. The Balaban J connectivity index is 0.00000261. The number of carbonyl (C=O) groups excluding carboxylic acids is 1. The van der Waals surface area contributed by atoms with E-state index in [1.807, 2.05) is 54.6 Å². The highest BCUT2D eigenvalue weighted by molar-refractivity contribution is 5.85. The molecule has 0 aliphatic heterocycles. The van der Waals surface area contributed by atoms with Crippen molar-refractivity contribution in [2.45, 2.75) is 25.7 Å². The molecule has 0 heterocycles. The quantitative estimate of drug-likeness (QED) is 0.313. The number of guanidine groups is 1. The van der Waals surface area contributed by atoms with E-state index in [9.17, 15) is 4.79 Å². The Bertz CT molecular complexity index is 759. The molecule has 144 valence electrons. The van der Waals surface area contributed by atoms with Crippen LogP contribution in [0.3, 0.4) is 0 Å². The lowest BCUT2D eigenvalue weighted by atomic mass is 9.82. The molecule has 5 nitrogen and oxygen atoms in total. The molecule has 1 aliphatic rings. The summed E-state index contributed by atoms with van der Waals surface area (Å²) in [6, 6.07) is 17.6. The Morgan fingerprint density at radius 3 is 2.33 bits per heavy atom. The minimum atomic E-state index is -0.147. The van der Waals surface area contributed by atoms with Gasteiger partial charge in [-0.05, 0) is 43.2 Å². The van der Waals surface area contributed by atoms with Crippen LogP contribution in [0.1, 0.15) is 25.7 Å². The average molecular weight is 388 g/mol. The molecule has 0 radical (unpaired) electrons. The van der Waals surface area contributed by atoms with Crippen LogP contribution in [0.4, 0.5) is 0 Å². The van der Waals surface area contributed by atoms with Gasteiger partial charge in [0.05, 0.1) is 5.92 Å². The third kappa shape index (κ3) is 5.73. The minimum absolute atomic E-state index is 0. The van der Waals surface area contributed by atoms with E-state index in [4.69, 9.17) is 15.9 Å². The predicted octanol–water partition coefficient (Wildman–Crippen LogP) is 3.97. The Morgan fingerprint density at radius 2 is 1.67 bits per heavy atom. The first-order valence-corrected chi connectivity index (χ1v) is 9.07. The zero-order chi connectivity index (χ0) is 18.4. The highest BCUT2D eigenvalue weighted by Crippen LogP contribution is 2.33. The largest absolute Gasteiger partial charge is 0.426 e. The van der Waals surface area contributed by atoms with Crippen molar-refractivity contribution in [1.29, 1.82) is 5.41 Å². The van der Waals surface area contributed by atoms with Gasteiger partial charge in [-0.2, -0.15) is 0 Å². The first kappa shape index (κ1) is 20.8. The maximum Gasteiger partial charge on any atom is 0.314 e. The lowest BCUT2D eigenvalue weighted by Gasteiger charge is -2.27. The second-order valence-electron chi connectivity index (χ2n) is 6.80. The summed E-state index contributed by atoms with van der Waals surface area (Å²) in [5.74, 6) is 0.867. The first-order chi connectivity index (χ1) is 12.6. The molecule has 6 heteroatoms. The number of carbonyl (C=O) groups is 1. The summed E-state index contributed by atoms with van der Waals surface area (Å²) in [6.45, 7) is 0.702. The number of halogens is 1. The Kier molecular flexibility index (Phi) is 7.67. The molecule has 0 spiro atoms. The number of nitrogens with one attached hydrogen (secondary N) is 2. The summed E-state index contributed by atoms with van der Waals surface area (Å²) >= 11 is 0. The van der Waals surface area contributed by atoms with Gasteiger partial charge in [-0.25, -0.2) is 0 Å². The number of rotatable bonds is 5. The molecule has 3 rings (SSSR count). The van der Waals surface area contributed by atoms with Gasteiger partial charge in [0.25, 0.3) is 0 Å². The van der Waals surface area contributed by atoms with Crippen molar-refractivity contribution in [3.8, 4) is 16.9 Å². The number of nitrogens with two attached hydrogens (primary N) is 1. The minimum Gasteiger partial charge on any atom is -0.426 e. The Morgan fingerprint density at radius 1 is 1.04 bits per heavy atom. The van der Waals surface area contributed by atoms with Crippen molar-refractivity contribution < 1.29 is 9.53 Å². The fourth-order valence-corrected chi connectivity index (χ4v) is 3.46. The molecule has 1 aliphatic carbocycles. The summed E-state index contributed by atoms with van der Waals surface area (Å²) in [7, 11) is 0. The average Bonchev–Trinajstić information content (AvgIpc) is 2.68. The van der Waals surface area contributed by atoms with E-state index >= 15 is 0 Å². The first-order valence-electron chi connectivity index (χ1n) is 9.07. The van der Waals surface area contributed by atoms with Crippen LogP contribution in [-0.2, 0) is 4.79 Å². The van der Waals surface area contributed by atoms with Gasteiger partial charge in [0.2, 0.25) is 0 Å². The second kappa shape index (κ2) is 9.97. The fourth-order valence-electron chi connectivity index (χ4n) is 3.46. The highest BCUT2D eigenvalue weighted by Gasteiger charge is 2.28. The van der Waals surface area contributed by atoms with E-state index in [2.05, 4.69) is 5.32 Å². The lowest BCUT2D eigenvalue weighted by Crippen LogP contribution is -2.36. The third-order valence-electron chi connectivity index (χ3n) is 4.94. The fraction of sp³-hybridized carbons (Fsp3) is 0.333. The van der Waals surface area contributed by atoms with Crippen molar-refractivity contribution in [2.24, 2.45) is 17.6 Å². The van der Waals surface area contributed by atoms with Crippen molar-refractivity contribution in [3.63, 3.8) is 0 Å². The molecular weight excluding hydrogens is 362 g/mol. The van der Waals surface area contributed by atoms with Gasteiger partial charge in [0, 0.05) is 12.1 Å². The monoisotopic (exact) mass is 387 g/mol. The lowest BCUT2D eigenvalue weighted by molar-refractivity contribution is -0.140. The van der Waals surface area contributed by atoms with Crippen LogP contribution in [-0.4, -0.2) is 18.5 Å². The van der Waals surface area contributed by atoms with E-state index in [0.717, 1.165) is 36.8 Å². The number of hydrogen-bond donors (Lipinski definition) is 3. The Labute approximate surface area is 166 Å². The normalized spacial score (nSPS) is 18.8. The van der Waals surface area contributed by atoms with Crippen molar-refractivity contribution >= 4 is 24.3 Å². The SMILES string of the molecule is Cl.N=C(N)NCC1CCC(C(=O)Oc2ccccc2-c2ccccc2)CC1. The molecule has 27 heavy (non-hydrogen) atoms. The molecule has 0 saturated heterocycles. The molecule has 0 amide bonds. The van der Waals surface area contributed by atoms with Crippen LogP contribution in [0.5, 0.6) is 5.75 Å². The van der Waals surface area contributed by atoms with E-state index in [-0.39, 0.29) is 30.3 Å². The molecule has 2 aromatic carbocycles. The molecule has 0 unspecified atom stereocenters. The van der Waals surface area contributed by atoms with Gasteiger partial charge in [-0.15, -0.1) is 12.4 Å². The van der Waals surface area contributed by atoms with Crippen LogP contribution in [0.15, 0.2) is 54.6 Å². The van der Waals surface area contributed by atoms with Gasteiger partial charge in [-0.3, -0.25) is 10.2 Å². The van der Waals surface area contributed by atoms with E-state index in [0.29, 0.717) is 18.2 Å². The standard InChI is InChI=1S/C21H25N3O2.ClH/c22-21(23)24-14-15-10-12-17(13-11-15)20(25)26-19-9-5-4-8-18(19)16-6-2-1-3-7-16;/h1-9,15,17H,10-14H2,(H4,22,23,24);1H. The Hall–Kier alpha value is -2.53. The molecule has 0 bridgehead atoms. The zero-order valence-corrected chi connectivity index (χ0v) is 16.0. The van der Waals surface area contributed by atoms with Gasteiger partial charge < -0.3 is 15.8 Å². The van der Waals surface area contributed by atoms with Crippen molar-refractivity contribution in [1.82, 2.24) is 5.32 Å². The zero-order valence-electron chi connectivity index (χ0n) is 15.2. The summed E-state index contributed by atoms with van der Waals surface area (Å²) in [5.41, 5.74) is 7.30. The summed E-state index contributed by atoms with van der Waals surface area (Å²) < 4.78 is 5.76. The number of para-hydroxylation sites is 1. The number of benzene rings is 2. The molecule has 2 aromatic rings. The molecule has 1 saturated carbocycles. The van der Waals surface area contributed by atoms with E-state index < -0.39 is 0 Å². The van der Waals surface area contributed by atoms with Gasteiger partial charge >= 0.3 is 5.97 Å². The van der Waals surface area contributed by atoms with Gasteiger partial charge in [-0.1, -0.05) is 48.5 Å². The molecule has 1 fully saturated rings. The molecule has 4 N–H and O–H groups in total.